The van der Waals surface area contributed by atoms with Crippen molar-refractivity contribution in [3.8, 4) is 17.0 Å². The second-order valence-electron chi connectivity index (χ2n) is 7.02. The van der Waals surface area contributed by atoms with Crippen LogP contribution in [-0.4, -0.2) is 36.1 Å². The molecule has 1 aliphatic carbocycles. The van der Waals surface area contributed by atoms with Crippen molar-refractivity contribution in [2.75, 3.05) is 20.2 Å². The van der Waals surface area contributed by atoms with Crippen LogP contribution in [0.5, 0.6) is 5.75 Å². The lowest BCUT2D eigenvalue weighted by molar-refractivity contribution is 0.154. The largest absolute Gasteiger partial charge is 0.496 e. The third kappa shape index (κ3) is 3.22. The summed E-state index contributed by atoms with van der Waals surface area (Å²) in [7, 11) is 1.73. The first-order chi connectivity index (χ1) is 11.8. The Labute approximate surface area is 148 Å². The fourth-order valence-electron chi connectivity index (χ4n) is 4.24. The second-order valence-corrected chi connectivity index (χ2v) is 7.91. The molecule has 4 heteroatoms. The van der Waals surface area contributed by atoms with Gasteiger partial charge in [-0.3, -0.25) is 0 Å². The number of hydrogen-bond donors (Lipinski definition) is 0. The van der Waals surface area contributed by atoms with Gasteiger partial charge in [0, 0.05) is 22.9 Å². The van der Waals surface area contributed by atoms with Crippen LogP contribution in [-0.2, 0) is 0 Å². The number of hydrogen-bond acceptors (Lipinski definition) is 4. The molecule has 2 heterocycles. The Morgan fingerprint density at radius 3 is 2.58 bits per heavy atom. The van der Waals surface area contributed by atoms with Crippen LogP contribution in [0.15, 0.2) is 29.6 Å². The van der Waals surface area contributed by atoms with Crippen LogP contribution in [0.4, 0.5) is 0 Å². The summed E-state index contributed by atoms with van der Waals surface area (Å²) in [5.41, 5.74) is 2.16. The highest BCUT2D eigenvalue weighted by atomic mass is 32.1. The van der Waals surface area contributed by atoms with Gasteiger partial charge in [0.25, 0.3) is 0 Å². The minimum absolute atomic E-state index is 0.635. The molecule has 0 radical (unpaired) electrons. The SMILES string of the molecule is COc1ccccc1-c1csc(C2CCN(C3CCCC3)CC2)n1. The van der Waals surface area contributed by atoms with Crippen LogP contribution in [0, 0.1) is 0 Å². The third-order valence-electron chi connectivity index (χ3n) is 5.62. The molecule has 24 heavy (non-hydrogen) atoms. The molecule has 1 saturated carbocycles. The average molecular weight is 343 g/mol. The number of nitrogens with zero attached hydrogens (tertiary/aromatic N) is 2. The van der Waals surface area contributed by atoms with Gasteiger partial charge in [-0.1, -0.05) is 25.0 Å². The lowest BCUT2D eigenvalue weighted by Crippen LogP contribution is -2.39. The maximum absolute atomic E-state index is 5.48. The zero-order chi connectivity index (χ0) is 16.4. The normalized spacial score (nSPS) is 20.5. The minimum Gasteiger partial charge on any atom is -0.496 e. The summed E-state index contributed by atoms with van der Waals surface area (Å²) in [5, 5.41) is 3.50. The van der Waals surface area contributed by atoms with Gasteiger partial charge in [-0.05, 0) is 50.9 Å². The molecule has 1 saturated heterocycles. The first-order valence-electron chi connectivity index (χ1n) is 9.18. The molecule has 1 aliphatic heterocycles. The maximum atomic E-state index is 5.48. The van der Waals surface area contributed by atoms with Gasteiger partial charge in [0.1, 0.15) is 5.75 Å². The Balaban J connectivity index is 1.44. The maximum Gasteiger partial charge on any atom is 0.128 e. The number of aromatic nitrogens is 1. The molecule has 128 valence electrons. The van der Waals surface area contributed by atoms with Gasteiger partial charge in [0.2, 0.25) is 0 Å². The average Bonchev–Trinajstić information content (AvgIpc) is 3.34. The highest BCUT2D eigenvalue weighted by molar-refractivity contribution is 7.10. The van der Waals surface area contributed by atoms with Gasteiger partial charge < -0.3 is 9.64 Å². The van der Waals surface area contributed by atoms with E-state index in [-0.39, 0.29) is 0 Å². The molecule has 2 fully saturated rings. The number of rotatable bonds is 4. The van der Waals surface area contributed by atoms with E-state index >= 15 is 0 Å². The van der Waals surface area contributed by atoms with Gasteiger partial charge in [0.05, 0.1) is 17.8 Å². The summed E-state index contributed by atoms with van der Waals surface area (Å²) in [5.74, 6) is 1.54. The van der Waals surface area contributed by atoms with Crippen LogP contribution >= 0.6 is 11.3 Å². The number of piperidine rings is 1. The Hall–Kier alpha value is -1.39. The van der Waals surface area contributed by atoms with Crippen molar-refractivity contribution in [1.29, 1.82) is 0 Å². The second kappa shape index (κ2) is 7.24. The minimum atomic E-state index is 0.635. The van der Waals surface area contributed by atoms with Crippen LogP contribution in [0.1, 0.15) is 49.5 Å². The molecule has 2 aliphatic rings. The Kier molecular flexibility index (Phi) is 4.86. The predicted octanol–water partition coefficient (Wildman–Crippen LogP) is 4.94. The van der Waals surface area contributed by atoms with Gasteiger partial charge in [-0.15, -0.1) is 11.3 Å². The zero-order valence-corrected chi connectivity index (χ0v) is 15.2. The summed E-state index contributed by atoms with van der Waals surface area (Å²) in [6.07, 6.45) is 8.21. The van der Waals surface area contributed by atoms with Crippen molar-refractivity contribution < 1.29 is 4.74 Å². The number of para-hydroxylation sites is 1. The van der Waals surface area contributed by atoms with Crippen LogP contribution in [0.25, 0.3) is 11.3 Å². The molecule has 1 aromatic carbocycles. The quantitative estimate of drug-likeness (QED) is 0.787. The molecule has 0 amide bonds. The van der Waals surface area contributed by atoms with Crippen LogP contribution in [0.2, 0.25) is 0 Å². The van der Waals surface area contributed by atoms with Crippen molar-refractivity contribution in [3.05, 3.63) is 34.7 Å². The van der Waals surface area contributed by atoms with E-state index in [2.05, 4.69) is 22.4 Å². The molecule has 2 aromatic rings. The lowest BCUT2D eigenvalue weighted by Gasteiger charge is -2.35. The van der Waals surface area contributed by atoms with Crippen molar-refractivity contribution >= 4 is 11.3 Å². The number of methoxy groups -OCH3 is 1. The van der Waals surface area contributed by atoms with Gasteiger partial charge in [-0.2, -0.15) is 0 Å². The molecule has 3 nitrogen and oxygen atoms in total. The Morgan fingerprint density at radius 1 is 1.08 bits per heavy atom. The third-order valence-corrected chi connectivity index (χ3v) is 6.63. The van der Waals surface area contributed by atoms with E-state index in [9.17, 15) is 0 Å². The predicted molar refractivity (Wildman–Crippen MR) is 99.9 cm³/mol. The summed E-state index contributed by atoms with van der Waals surface area (Å²) >= 11 is 1.82. The number of likely N-dealkylation sites (tertiary alicyclic amines) is 1. The molecular weight excluding hydrogens is 316 g/mol. The van der Waals surface area contributed by atoms with E-state index < -0.39 is 0 Å². The summed E-state index contributed by atoms with van der Waals surface area (Å²) < 4.78 is 5.48. The summed E-state index contributed by atoms with van der Waals surface area (Å²) in [6.45, 7) is 2.50. The highest BCUT2D eigenvalue weighted by Gasteiger charge is 2.28. The van der Waals surface area contributed by atoms with E-state index in [1.807, 2.05) is 23.5 Å². The number of benzene rings is 1. The van der Waals surface area contributed by atoms with E-state index in [1.54, 1.807) is 7.11 Å². The van der Waals surface area contributed by atoms with E-state index in [4.69, 9.17) is 9.72 Å². The standard InChI is InChI=1S/C20H26N2OS/c1-23-19-9-5-4-8-17(19)18-14-24-20(21-18)15-10-12-22(13-11-15)16-6-2-3-7-16/h4-5,8-9,14-16H,2-3,6-7,10-13H2,1H3. The Morgan fingerprint density at radius 2 is 1.83 bits per heavy atom. The molecule has 0 unspecified atom stereocenters. The van der Waals surface area contributed by atoms with Crippen molar-refractivity contribution in [3.63, 3.8) is 0 Å². The molecule has 4 rings (SSSR count). The molecule has 1 aromatic heterocycles. The van der Waals surface area contributed by atoms with Crippen molar-refractivity contribution in [1.82, 2.24) is 9.88 Å². The smallest absolute Gasteiger partial charge is 0.128 e. The molecule has 0 spiro atoms. The van der Waals surface area contributed by atoms with Crippen LogP contribution in [0.3, 0.4) is 0 Å². The fraction of sp³-hybridized carbons (Fsp3) is 0.550. The lowest BCUT2D eigenvalue weighted by atomic mass is 9.96. The highest BCUT2D eigenvalue weighted by Crippen LogP contribution is 2.37. The van der Waals surface area contributed by atoms with Crippen molar-refractivity contribution in [2.24, 2.45) is 0 Å². The van der Waals surface area contributed by atoms with Gasteiger partial charge >= 0.3 is 0 Å². The molecule has 0 bridgehead atoms. The fourth-order valence-corrected chi connectivity index (χ4v) is 5.23. The van der Waals surface area contributed by atoms with Gasteiger partial charge in [0.15, 0.2) is 0 Å². The van der Waals surface area contributed by atoms with Crippen LogP contribution < -0.4 is 4.74 Å². The molecule has 0 N–H and O–H groups in total. The summed E-state index contributed by atoms with van der Waals surface area (Å²) in [4.78, 5) is 7.69. The van der Waals surface area contributed by atoms with Crippen molar-refractivity contribution in [2.45, 2.75) is 50.5 Å². The Bertz CT molecular complexity index is 670. The van der Waals surface area contributed by atoms with E-state index in [0.29, 0.717) is 5.92 Å². The first-order valence-corrected chi connectivity index (χ1v) is 10.1. The molecular formula is C20H26N2OS. The zero-order valence-electron chi connectivity index (χ0n) is 14.4. The monoisotopic (exact) mass is 342 g/mol. The molecule has 0 atom stereocenters. The van der Waals surface area contributed by atoms with Gasteiger partial charge in [-0.25, -0.2) is 4.98 Å². The van der Waals surface area contributed by atoms with E-state index in [1.165, 1.54) is 56.6 Å². The number of ether oxygens (including phenoxy) is 1. The summed E-state index contributed by atoms with van der Waals surface area (Å²) in [6, 6.07) is 9.03. The van der Waals surface area contributed by atoms with E-state index in [0.717, 1.165) is 23.0 Å². The topological polar surface area (TPSA) is 25.4 Å². The number of thiazole rings is 1. The first kappa shape index (κ1) is 16.1.